The summed E-state index contributed by atoms with van der Waals surface area (Å²) in [5, 5.41) is 0.601. The minimum absolute atomic E-state index is 0.00168. The van der Waals surface area contributed by atoms with Crippen LogP contribution in [0.3, 0.4) is 0 Å². The second-order valence-corrected chi connectivity index (χ2v) is 5.51. The largest absolute Gasteiger partial charge is 0.278 e. The maximum Gasteiger partial charge on any atom is 0.278 e. The molecule has 0 fully saturated rings. The molecule has 0 atom stereocenters. The van der Waals surface area contributed by atoms with Crippen LogP contribution in [0, 0.1) is 0 Å². The smallest absolute Gasteiger partial charge is 0.267 e. The molecule has 22 heavy (non-hydrogen) atoms. The number of nitrogens with zero attached hydrogens (tertiary/aromatic N) is 5. The molecule has 0 amide bonds. The number of hydrogen-bond acceptors (Lipinski definition) is 4. The molecule has 114 valence electrons. The van der Waals surface area contributed by atoms with Gasteiger partial charge in [-0.15, -0.1) is 0 Å². The van der Waals surface area contributed by atoms with Gasteiger partial charge in [0, 0.05) is 12.2 Å². The average molecular weight is 297 g/mol. The van der Waals surface area contributed by atoms with Gasteiger partial charge in [0.1, 0.15) is 11.7 Å². The van der Waals surface area contributed by atoms with Crippen molar-refractivity contribution in [3.8, 4) is 5.82 Å². The van der Waals surface area contributed by atoms with Gasteiger partial charge in [0.25, 0.3) is 5.56 Å². The summed E-state index contributed by atoms with van der Waals surface area (Å²) in [5.41, 5.74) is 1.37. The molecular weight excluding hydrogens is 278 g/mol. The van der Waals surface area contributed by atoms with E-state index in [0.717, 1.165) is 18.5 Å². The fraction of sp³-hybridized carbons (Fsp3) is 0.375. The van der Waals surface area contributed by atoms with Gasteiger partial charge in [-0.3, -0.25) is 4.79 Å². The lowest BCUT2D eigenvalue weighted by atomic mass is 10.2. The predicted molar refractivity (Wildman–Crippen MR) is 85.3 cm³/mol. The summed E-state index contributed by atoms with van der Waals surface area (Å²) < 4.78 is 3.49. The Kier molecular flexibility index (Phi) is 3.75. The second kappa shape index (κ2) is 5.71. The van der Waals surface area contributed by atoms with Gasteiger partial charge >= 0.3 is 0 Å². The number of aryl methyl sites for hydroxylation is 1. The van der Waals surface area contributed by atoms with Crippen LogP contribution in [0.15, 0.2) is 35.5 Å². The zero-order valence-corrected chi connectivity index (χ0v) is 13.0. The maximum absolute atomic E-state index is 12.9. The highest BCUT2D eigenvalue weighted by atomic mass is 16.1. The summed E-state index contributed by atoms with van der Waals surface area (Å²) in [6, 6.07) is 5.62. The van der Waals surface area contributed by atoms with Crippen molar-refractivity contribution in [2.45, 2.75) is 39.7 Å². The summed E-state index contributed by atoms with van der Waals surface area (Å²) in [6.45, 7) is 6.03. The third kappa shape index (κ3) is 2.20. The molecular formula is C16H19N5O. The number of rotatable bonds is 4. The van der Waals surface area contributed by atoms with E-state index in [-0.39, 0.29) is 11.6 Å². The van der Waals surface area contributed by atoms with E-state index in [1.807, 2.05) is 32.0 Å². The highest BCUT2D eigenvalue weighted by molar-refractivity contribution is 5.78. The van der Waals surface area contributed by atoms with E-state index < -0.39 is 0 Å². The van der Waals surface area contributed by atoms with Gasteiger partial charge in [-0.05, 0) is 32.4 Å². The van der Waals surface area contributed by atoms with Crippen molar-refractivity contribution in [2.24, 2.45) is 0 Å². The first-order valence-corrected chi connectivity index (χ1v) is 7.53. The van der Waals surface area contributed by atoms with E-state index in [1.54, 1.807) is 15.6 Å². The van der Waals surface area contributed by atoms with Gasteiger partial charge in [0.05, 0.1) is 5.69 Å². The topological polar surface area (TPSA) is 65.6 Å². The van der Waals surface area contributed by atoms with E-state index in [2.05, 4.69) is 21.9 Å². The molecule has 0 aliphatic rings. The highest BCUT2D eigenvalue weighted by Crippen LogP contribution is 2.19. The van der Waals surface area contributed by atoms with Crippen LogP contribution in [-0.2, 0) is 6.42 Å². The van der Waals surface area contributed by atoms with Crippen molar-refractivity contribution in [1.82, 2.24) is 24.3 Å². The van der Waals surface area contributed by atoms with Gasteiger partial charge in [0.15, 0.2) is 11.5 Å². The first-order chi connectivity index (χ1) is 10.6. The van der Waals surface area contributed by atoms with Gasteiger partial charge in [-0.2, -0.15) is 0 Å². The minimum atomic E-state index is -0.0558. The Balaban J connectivity index is 2.43. The molecule has 0 saturated carbocycles. The van der Waals surface area contributed by atoms with E-state index in [0.29, 0.717) is 16.9 Å². The zero-order valence-electron chi connectivity index (χ0n) is 13.0. The molecule has 3 aromatic rings. The van der Waals surface area contributed by atoms with Crippen LogP contribution >= 0.6 is 0 Å². The molecule has 3 heterocycles. The van der Waals surface area contributed by atoms with E-state index in [9.17, 15) is 4.79 Å². The molecule has 0 radical (unpaired) electrons. The SMILES string of the molecule is CCCc1ncnc2c1c(=O)n(C(C)C)n2-c1ccccn1. The minimum Gasteiger partial charge on any atom is -0.267 e. The Morgan fingerprint density at radius 1 is 1.18 bits per heavy atom. The standard InChI is InChI=1S/C16H19N5O/c1-4-7-12-14-15(19-10-18-12)21(13-8-5-6-9-17-13)20(11(2)3)16(14)22/h5-6,8-11H,4,7H2,1-3H3. The normalized spacial score (nSPS) is 11.5. The van der Waals surface area contributed by atoms with Gasteiger partial charge in [0.2, 0.25) is 0 Å². The molecule has 0 aliphatic carbocycles. The number of aromatic nitrogens is 5. The molecule has 6 heteroatoms. The number of fused-ring (bicyclic) bond motifs is 1. The Morgan fingerprint density at radius 3 is 2.64 bits per heavy atom. The van der Waals surface area contributed by atoms with Crippen molar-refractivity contribution >= 4 is 11.0 Å². The van der Waals surface area contributed by atoms with Crippen molar-refractivity contribution in [1.29, 1.82) is 0 Å². The molecule has 0 aliphatic heterocycles. The fourth-order valence-electron chi connectivity index (χ4n) is 2.69. The summed E-state index contributed by atoms with van der Waals surface area (Å²) in [6.07, 6.45) is 4.93. The number of hydrogen-bond donors (Lipinski definition) is 0. The average Bonchev–Trinajstić information content (AvgIpc) is 2.83. The lowest BCUT2D eigenvalue weighted by Crippen LogP contribution is -2.24. The molecule has 0 saturated heterocycles. The van der Waals surface area contributed by atoms with E-state index in [1.165, 1.54) is 6.33 Å². The van der Waals surface area contributed by atoms with Crippen LogP contribution in [0.1, 0.15) is 38.9 Å². The fourth-order valence-corrected chi connectivity index (χ4v) is 2.69. The van der Waals surface area contributed by atoms with Crippen LogP contribution < -0.4 is 5.56 Å². The summed E-state index contributed by atoms with van der Waals surface area (Å²) in [7, 11) is 0. The van der Waals surface area contributed by atoms with Gasteiger partial charge in [-0.1, -0.05) is 19.4 Å². The first-order valence-electron chi connectivity index (χ1n) is 7.53. The second-order valence-electron chi connectivity index (χ2n) is 5.51. The summed E-state index contributed by atoms with van der Waals surface area (Å²) in [5.74, 6) is 0.685. The van der Waals surface area contributed by atoms with Crippen LogP contribution in [0.25, 0.3) is 16.9 Å². The molecule has 0 aromatic carbocycles. The van der Waals surface area contributed by atoms with Crippen molar-refractivity contribution < 1.29 is 0 Å². The van der Waals surface area contributed by atoms with Crippen LogP contribution in [0.5, 0.6) is 0 Å². The van der Waals surface area contributed by atoms with Gasteiger partial charge < -0.3 is 0 Å². The lowest BCUT2D eigenvalue weighted by Gasteiger charge is -2.13. The molecule has 6 nitrogen and oxygen atoms in total. The monoisotopic (exact) mass is 297 g/mol. The van der Waals surface area contributed by atoms with Crippen molar-refractivity contribution in [3.63, 3.8) is 0 Å². The van der Waals surface area contributed by atoms with Gasteiger partial charge in [-0.25, -0.2) is 24.3 Å². The number of pyridine rings is 1. The zero-order chi connectivity index (χ0) is 15.7. The summed E-state index contributed by atoms with van der Waals surface area (Å²) in [4.78, 5) is 25.9. The molecule has 3 aromatic heterocycles. The lowest BCUT2D eigenvalue weighted by molar-refractivity contribution is 0.472. The Labute approximate surface area is 128 Å². The Morgan fingerprint density at radius 2 is 2.00 bits per heavy atom. The Hall–Kier alpha value is -2.50. The van der Waals surface area contributed by atoms with Crippen molar-refractivity contribution in [3.05, 3.63) is 46.8 Å². The third-order valence-electron chi connectivity index (χ3n) is 3.59. The molecule has 0 unspecified atom stereocenters. The molecule has 0 N–H and O–H groups in total. The predicted octanol–water partition coefficient (Wildman–Crippen LogP) is 2.51. The molecule has 0 spiro atoms. The summed E-state index contributed by atoms with van der Waals surface area (Å²) >= 11 is 0. The van der Waals surface area contributed by atoms with Crippen LogP contribution in [-0.4, -0.2) is 24.3 Å². The third-order valence-corrected chi connectivity index (χ3v) is 3.59. The maximum atomic E-state index is 12.9. The van der Waals surface area contributed by atoms with E-state index >= 15 is 0 Å². The van der Waals surface area contributed by atoms with Crippen LogP contribution in [0.4, 0.5) is 0 Å². The Bertz CT molecular complexity index is 848. The highest BCUT2D eigenvalue weighted by Gasteiger charge is 2.21. The van der Waals surface area contributed by atoms with Crippen molar-refractivity contribution in [2.75, 3.05) is 0 Å². The van der Waals surface area contributed by atoms with E-state index in [4.69, 9.17) is 0 Å². The van der Waals surface area contributed by atoms with Crippen LogP contribution in [0.2, 0.25) is 0 Å². The molecule has 3 rings (SSSR count). The quantitative estimate of drug-likeness (QED) is 0.742. The first kappa shape index (κ1) is 14.4. The molecule has 0 bridgehead atoms.